The van der Waals surface area contributed by atoms with Gasteiger partial charge in [0.25, 0.3) is 0 Å². The summed E-state index contributed by atoms with van der Waals surface area (Å²) in [6.45, 7) is 6.75. The van der Waals surface area contributed by atoms with Gasteiger partial charge in [-0.3, -0.25) is 9.59 Å². The number of esters is 1. The maximum absolute atomic E-state index is 12.6. The van der Waals surface area contributed by atoms with Crippen molar-refractivity contribution in [3.8, 4) is 0 Å². The third kappa shape index (κ3) is 12.3. The third-order valence-electron chi connectivity index (χ3n) is 6.33. The van der Waals surface area contributed by atoms with Gasteiger partial charge in [0.05, 0.1) is 11.8 Å². The maximum Gasteiger partial charge on any atom is 0.309 e. The highest BCUT2D eigenvalue weighted by atomic mass is 16.5. The van der Waals surface area contributed by atoms with E-state index in [0.717, 1.165) is 50.9 Å². The number of carbonyl (C=O) groups excluding carboxylic acids is 1. The fourth-order valence-electron chi connectivity index (χ4n) is 4.39. The van der Waals surface area contributed by atoms with Crippen LogP contribution in [0.3, 0.4) is 0 Å². The second kappa shape index (κ2) is 15.7. The largest absolute Gasteiger partial charge is 0.481 e. The first-order chi connectivity index (χ1) is 13.9. The molecule has 3 atom stereocenters. The highest BCUT2D eigenvalue weighted by Gasteiger charge is 2.32. The molecule has 1 fully saturated rings. The molecule has 0 aromatic rings. The maximum atomic E-state index is 12.6. The Kier molecular flexibility index (Phi) is 14.1. The van der Waals surface area contributed by atoms with Crippen molar-refractivity contribution in [2.75, 3.05) is 0 Å². The number of ether oxygens (including phenoxy) is 1. The second-order valence-corrected chi connectivity index (χ2v) is 9.55. The van der Waals surface area contributed by atoms with Gasteiger partial charge in [-0.25, -0.2) is 0 Å². The van der Waals surface area contributed by atoms with E-state index in [1.165, 1.54) is 44.9 Å². The molecule has 1 saturated carbocycles. The minimum atomic E-state index is -0.769. The Bertz CT molecular complexity index is 446. The Morgan fingerprint density at radius 3 is 2.00 bits per heavy atom. The molecule has 4 nitrogen and oxygen atoms in total. The summed E-state index contributed by atoms with van der Waals surface area (Å²) in [6.07, 6.45) is 17.1. The molecule has 1 rings (SSSR count). The van der Waals surface area contributed by atoms with E-state index < -0.39 is 5.97 Å². The van der Waals surface area contributed by atoms with E-state index in [-0.39, 0.29) is 23.9 Å². The molecule has 1 aliphatic carbocycles. The first-order valence-corrected chi connectivity index (χ1v) is 12.4. The summed E-state index contributed by atoms with van der Waals surface area (Å²) < 4.78 is 5.87. The fourth-order valence-corrected chi connectivity index (χ4v) is 4.39. The molecule has 0 heterocycles. The van der Waals surface area contributed by atoms with Crippen LogP contribution in [0.5, 0.6) is 0 Å². The van der Waals surface area contributed by atoms with Crippen LogP contribution in [0.25, 0.3) is 0 Å². The Morgan fingerprint density at radius 2 is 1.41 bits per heavy atom. The topological polar surface area (TPSA) is 63.6 Å². The highest BCUT2D eigenvalue weighted by Crippen LogP contribution is 2.31. The highest BCUT2D eigenvalue weighted by molar-refractivity contribution is 5.75. The van der Waals surface area contributed by atoms with Gasteiger partial charge in [-0.1, -0.05) is 85.0 Å². The molecule has 3 unspecified atom stereocenters. The van der Waals surface area contributed by atoms with Gasteiger partial charge >= 0.3 is 11.9 Å². The van der Waals surface area contributed by atoms with Crippen LogP contribution in [-0.4, -0.2) is 23.1 Å². The van der Waals surface area contributed by atoms with Gasteiger partial charge in [0.1, 0.15) is 6.10 Å². The molecule has 0 spiro atoms. The van der Waals surface area contributed by atoms with Gasteiger partial charge in [0, 0.05) is 0 Å². The summed E-state index contributed by atoms with van der Waals surface area (Å²) in [7, 11) is 0. The number of carbonyl (C=O) groups is 2. The normalized spacial score (nSPS) is 20.6. The van der Waals surface area contributed by atoms with Gasteiger partial charge in [-0.15, -0.1) is 0 Å². The van der Waals surface area contributed by atoms with Gasteiger partial charge in [0.15, 0.2) is 0 Å². The molecule has 0 aromatic heterocycles. The number of aliphatic carboxylic acids is 1. The van der Waals surface area contributed by atoms with Gasteiger partial charge < -0.3 is 9.84 Å². The zero-order chi connectivity index (χ0) is 21.5. The van der Waals surface area contributed by atoms with E-state index in [1.807, 2.05) is 0 Å². The number of hydrogen-bond acceptors (Lipinski definition) is 3. The molecule has 0 radical (unpaired) electrons. The van der Waals surface area contributed by atoms with Crippen molar-refractivity contribution in [2.24, 2.45) is 17.8 Å². The van der Waals surface area contributed by atoms with Crippen molar-refractivity contribution < 1.29 is 19.4 Å². The molecule has 170 valence electrons. The molecule has 0 amide bonds. The summed E-state index contributed by atoms with van der Waals surface area (Å²) >= 11 is 0. The van der Waals surface area contributed by atoms with E-state index >= 15 is 0 Å². The zero-order valence-electron chi connectivity index (χ0n) is 19.3. The lowest BCUT2D eigenvalue weighted by molar-refractivity contribution is -0.158. The van der Waals surface area contributed by atoms with Crippen LogP contribution in [0, 0.1) is 17.8 Å². The molecule has 0 bridgehead atoms. The van der Waals surface area contributed by atoms with E-state index in [4.69, 9.17) is 4.74 Å². The van der Waals surface area contributed by atoms with E-state index in [9.17, 15) is 14.7 Å². The predicted molar refractivity (Wildman–Crippen MR) is 119 cm³/mol. The van der Waals surface area contributed by atoms with Crippen molar-refractivity contribution in [3.05, 3.63) is 0 Å². The molecule has 0 aromatic carbocycles. The summed E-state index contributed by atoms with van der Waals surface area (Å²) in [5.41, 5.74) is 0. The van der Waals surface area contributed by atoms with E-state index in [2.05, 4.69) is 20.8 Å². The number of unbranched alkanes of at least 4 members (excludes halogenated alkanes) is 7. The number of rotatable bonds is 16. The standard InChI is InChI=1S/C25H46O4/c1-4-5-17-23(18-12-10-8-6-7-9-11-14-20(2)3)29-25(28)22-16-13-15-21(19-22)24(26)27/h20-23H,4-19H2,1-3H3,(H,26,27). The smallest absolute Gasteiger partial charge is 0.309 e. The molecular formula is C25H46O4. The molecule has 1 aliphatic rings. The van der Waals surface area contributed by atoms with Crippen LogP contribution >= 0.6 is 0 Å². The SMILES string of the molecule is CCCCC(CCCCCCCCCC(C)C)OC(=O)C1CCCC(C(=O)O)C1. The Labute approximate surface area is 179 Å². The van der Waals surface area contributed by atoms with E-state index in [0.29, 0.717) is 12.8 Å². The van der Waals surface area contributed by atoms with Crippen molar-refractivity contribution in [3.63, 3.8) is 0 Å². The minimum Gasteiger partial charge on any atom is -0.481 e. The number of hydrogen-bond donors (Lipinski definition) is 1. The fraction of sp³-hybridized carbons (Fsp3) is 0.920. The van der Waals surface area contributed by atoms with Crippen molar-refractivity contribution in [2.45, 2.75) is 130 Å². The Hall–Kier alpha value is -1.06. The molecule has 29 heavy (non-hydrogen) atoms. The van der Waals surface area contributed by atoms with Gasteiger partial charge in [-0.2, -0.15) is 0 Å². The van der Waals surface area contributed by atoms with Crippen LogP contribution < -0.4 is 0 Å². The average Bonchev–Trinajstić information content (AvgIpc) is 2.70. The lowest BCUT2D eigenvalue weighted by atomic mass is 9.81. The van der Waals surface area contributed by atoms with Crippen LogP contribution in [0.1, 0.15) is 124 Å². The van der Waals surface area contributed by atoms with Crippen LogP contribution in [0.4, 0.5) is 0 Å². The summed E-state index contributed by atoms with van der Waals surface area (Å²) in [5, 5.41) is 9.24. The number of carboxylic acid groups (broad SMARTS) is 1. The third-order valence-corrected chi connectivity index (χ3v) is 6.33. The summed E-state index contributed by atoms with van der Waals surface area (Å²) in [6, 6.07) is 0. The van der Waals surface area contributed by atoms with Crippen LogP contribution in [0.15, 0.2) is 0 Å². The minimum absolute atomic E-state index is 0.0127. The molecule has 0 saturated heterocycles. The quantitative estimate of drug-likeness (QED) is 0.217. The lowest BCUT2D eigenvalue weighted by Crippen LogP contribution is -2.31. The number of carboxylic acids is 1. The van der Waals surface area contributed by atoms with Crippen molar-refractivity contribution in [1.29, 1.82) is 0 Å². The molecular weight excluding hydrogens is 364 g/mol. The Morgan fingerprint density at radius 1 is 0.862 bits per heavy atom. The van der Waals surface area contributed by atoms with Crippen LogP contribution in [-0.2, 0) is 14.3 Å². The first kappa shape index (κ1) is 26.0. The predicted octanol–water partition coefficient (Wildman–Crippen LogP) is 7.15. The van der Waals surface area contributed by atoms with Gasteiger partial charge in [0.2, 0.25) is 0 Å². The average molecular weight is 411 g/mol. The lowest BCUT2D eigenvalue weighted by Gasteiger charge is -2.27. The van der Waals surface area contributed by atoms with Crippen molar-refractivity contribution >= 4 is 11.9 Å². The molecule has 1 N–H and O–H groups in total. The zero-order valence-corrected chi connectivity index (χ0v) is 19.3. The van der Waals surface area contributed by atoms with E-state index in [1.54, 1.807) is 0 Å². The Balaban J connectivity index is 2.25. The summed E-state index contributed by atoms with van der Waals surface area (Å²) in [4.78, 5) is 23.9. The van der Waals surface area contributed by atoms with Gasteiger partial charge in [-0.05, 0) is 44.4 Å². The van der Waals surface area contributed by atoms with Crippen molar-refractivity contribution in [1.82, 2.24) is 0 Å². The molecule has 0 aliphatic heterocycles. The monoisotopic (exact) mass is 410 g/mol. The molecule has 4 heteroatoms. The second-order valence-electron chi connectivity index (χ2n) is 9.55. The summed E-state index contributed by atoms with van der Waals surface area (Å²) in [5.74, 6) is -0.700. The first-order valence-electron chi connectivity index (χ1n) is 12.4. The van der Waals surface area contributed by atoms with Crippen LogP contribution in [0.2, 0.25) is 0 Å².